The quantitative estimate of drug-likeness (QED) is 0.186. The van der Waals surface area contributed by atoms with E-state index in [4.69, 9.17) is 4.98 Å². The molecule has 0 fully saturated rings. The van der Waals surface area contributed by atoms with E-state index in [0.29, 0.717) is 0 Å². The Morgan fingerprint density at radius 1 is 0.333 bits per heavy atom. The normalized spacial score (nSPS) is 11.9. The zero-order valence-electron chi connectivity index (χ0n) is 27.6. The van der Waals surface area contributed by atoms with Gasteiger partial charge in [0.2, 0.25) is 0 Å². The largest absolute Gasteiger partial charge is 0.309 e. The lowest BCUT2D eigenvalue weighted by molar-refractivity contribution is 1.09. The number of nitrogens with zero attached hydrogens (tertiary/aromatic N) is 4. The third kappa shape index (κ3) is 4.11. The van der Waals surface area contributed by atoms with Gasteiger partial charge in [-0.3, -0.25) is 4.57 Å². The smallest absolute Gasteiger partial charge is 0.145 e. The number of benzene rings is 8. The third-order valence-electron chi connectivity index (χ3n) is 10.4. The van der Waals surface area contributed by atoms with Gasteiger partial charge in [-0.25, -0.2) is 4.98 Å². The van der Waals surface area contributed by atoms with Gasteiger partial charge in [-0.15, -0.1) is 0 Å². The summed E-state index contributed by atoms with van der Waals surface area (Å²) in [4.78, 5) is 5.06. The Morgan fingerprint density at radius 3 is 1.65 bits per heavy atom. The fourth-order valence-electron chi connectivity index (χ4n) is 8.19. The highest BCUT2D eigenvalue weighted by Crippen LogP contribution is 2.41. The molecule has 11 rings (SSSR count). The standard InChI is InChI=1S/C47H30N4/c1-3-13-31(14-4-1)47-48-41-19-9-12-22-44(41)51(47)35-26-24-34(25-27-35)49-42-20-10-8-18-37(42)40-30-39-32(29-45(40)49)23-28-38-36-17-7-11-21-43(36)50(46(38)39)33-15-5-2-6-16-33/h1-30H. The van der Waals surface area contributed by atoms with Crippen LogP contribution in [0.3, 0.4) is 0 Å². The maximum Gasteiger partial charge on any atom is 0.145 e. The van der Waals surface area contributed by atoms with E-state index in [9.17, 15) is 0 Å². The molecule has 8 aromatic carbocycles. The second-order valence-corrected chi connectivity index (χ2v) is 13.2. The van der Waals surface area contributed by atoms with Crippen LogP contribution in [0.15, 0.2) is 182 Å². The fourth-order valence-corrected chi connectivity index (χ4v) is 8.19. The van der Waals surface area contributed by atoms with E-state index in [1.165, 1.54) is 60.1 Å². The highest BCUT2D eigenvalue weighted by Gasteiger charge is 2.19. The Morgan fingerprint density at radius 2 is 0.902 bits per heavy atom. The van der Waals surface area contributed by atoms with E-state index in [1.54, 1.807) is 0 Å². The van der Waals surface area contributed by atoms with Crippen molar-refractivity contribution in [3.05, 3.63) is 182 Å². The zero-order chi connectivity index (χ0) is 33.5. The number of aromatic nitrogens is 4. The van der Waals surface area contributed by atoms with Gasteiger partial charge in [0.05, 0.1) is 33.1 Å². The summed E-state index contributed by atoms with van der Waals surface area (Å²) in [5, 5.41) is 7.48. The van der Waals surface area contributed by atoms with Gasteiger partial charge in [-0.1, -0.05) is 109 Å². The Hall–Kier alpha value is -6.91. The van der Waals surface area contributed by atoms with Crippen LogP contribution in [0.4, 0.5) is 0 Å². The van der Waals surface area contributed by atoms with Crippen LogP contribution in [-0.4, -0.2) is 18.7 Å². The Bertz CT molecular complexity index is 3110. The van der Waals surface area contributed by atoms with Crippen molar-refractivity contribution in [2.45, 2.75) is 0 Å². The zero-order valence-corrected chi connectivity index (χ0v) is 27.6. The first-order chi connectivity index (χ1) is 25.3. The minimum absolute atomic E-state index is 0.937. The van der Waals surface area contributed by atoms with Gasteiger partial charge >= 0.3 is 0 Å². The molecule has 51 heavy (non-hydrogen) atoms. The molecular weight excluding hydrogens is 621 g/mol. The SMILES string of the molecule is c1ccc(-c2nc3ccccc3n2-c2ccc(-n3c4ccccc4c4cc5c(ccc6c7ccccc7n(-c7ccccc7)c56)cc43)cc2)cc1. The van der Waals surface area contributed by atoms with Crippen LogP contribution in [0, 0.1) is 0 Å². The number of para-hydroxylation sites is 5. The summed E-state index contributed by atoms with van der Waals surface area (Å²) in [5.74, 6) is 0.937. The number of hydrogen-bond donors (Lipinski definition) is 0. The van der Waals surface area contributed by atoms with E-state index < -0.39 is 0 Å². The van der Waals surface area contributed by atoms with Gasteiger partial charge in [-0.05, 0) is 78.2 Å². The predicted molar refractivity (Wildman–Crippen MR) is 213 cm³/mol. The number of rotatable bonds is 4. The van der Waals surface area contributed by atoms with Crippen molar-refractivity contribution in [2.24, 2.45) is 0 Å². The predicted octanol–water partition coefficient (Wildman–Crippen LogP) is 12.0. The van der Waals surface area contributed by atoms with Crippen molar-refractivity contribution in [3.63, 3.8) is 0 Å². The molecule has 0 aliphatic carbocycles. The molecule has 0 unspecified atom stereocenters. The van der Waals surface area contributed by atoms with Crippen LogP contribution in [0.2, 0.25) is 0 Å². The fraction of sp³-hybridized carbons (Fsp3) is 0. The lowest BCUT2D eigenvalue weighted by Crippen LogP contribution is -1.99. The topological polar surface area (TPSA) is 27.7 Å². The summed E-state index contributed by atoms with van der Waals surface area (Å²) >= 11 is 0. The molecule has 4 heteroatoms. The first-order valence-corrected chi connectivity index (χ1v) is 17.4. The molecule has 11 aromatic rings. The monoisotopic (exact) mass is 650 g/mol. The molecule has 0 saturated carbocycles. The number of imidazole rings is 1. The van der Waals surface area contributed by atoms with Crippen molar-refractivity contribution in [1.29, 1.82) is 0 Å². The summed E-state index contributed by atoms with van der Waals surface area (Å²) in [5.41, 5.74) is 11.4. The van der Waals surface area contributed by atoms with Crippen LogP contribution in [0.5, 0.6) is 0 Å². The number of hydrogen-bond acceptors (Lipinski definition) is 1. The summed E-state index contributed by atoms with van der Waals surface area (Å²) in [6.07, 6.45) is 0. The molecule has 0 N–H and O–H groups in total. The molecule has 0 atom stereocenters. The highest BCUT2D eigenvalue weighted by atomic mass is 15.1. The number of fused-ring (bicyclic) bond motifs is 9. The first-order valence-electron chi connectivity index (χ1n) is 17.4. The van der Waals surface area contributed by atoms with Gasteiger partial charge in [0.15, 0.2) is 0 Å². The van der Waals surface area contributed by atoms with Crippen LogP contribution >= 0.6 is 0 Å². The average Bonchev–Trinajstić information content (AvgIpc) is 3.86. The molecule has 0 aliphatic heterocycles. The molecule has 0 aliphatic rings. The minimum atomic E-state index is 0.937. The maximum absolute atomic E-state index is 5.06. The van der Waals surface area contributed by atoms with Crippen LogP contribution in [0.1, 0.15) is 0 Å². The van der Waals surface area contributed by atoms with Gasteiger partial charge in [-0.2, -0.15) is 0 Å². The van der Waals surface area contributed by atoms with Crippen LogP contribution in [-0.2, 0) is 0 Å². The van der Waals surface area contributed by atoms with Crippen molar-refractivity contribution in [2.75, 3.05) is 0 Å². The van der Waals surface area contributed by atoms with E-state index in [-0.39, 0.29) is 0 Å². The lowest BCUT2D eigenvalue weighted by Gasteiger charge is -2.13. The third-order valence-corrected chi connectivity index (χ3v) is 10.4. The molecular formula is C47H30N4. The summed E-state index contributed by atoms with van der Waals surface area (Å²) in [7, 11) is 0. The molecule has 0 saturated heterocycles. The maximum atomic E-state index is 5.06. The molecule has 3 aromatic heterocycles. The second kappa shape index (κ2) is 10.8. The van der Waals surface area contributed by atoms with Gasteiger partial charge in [0, 0.05) is 49.6 Å². The Kier molecular flexibility index (Phi) is 5.92. The summed E-state index contributed by atoms with van der Waals surface area (Å²) < 4.78 is 7.11. The molecule has 4 nitrogen and oxygen atoms in total. The Balaban J connectivity index is 1.14. The van der Waals surface area contributed by atoms with E-state index in [0.717, 1.165) is 33.8 Å². The van der Waals surface area contributed by atoms with Crippen molar-refractivity contribution in [1.82, 2.24) is 18.7 Å². The molecule has 3 heterocycles. The van der Waals surface area contributed by atoms with Crippen molar-refractivity contribution < 1.29 is 0 Å². The summed E-state index contributed by atoms with van der Waals surface area (Å²) in [6.45, 7) is 0. The highest BCUT2D eigenvalue weighted by molar-refractivity contribution is 6.22. The Labute approximate surface area is 293 Å². The minimum Gasteiger partial charge on any atom is -0.309 e. The summed E-state index contributed by atoms with van der Waals surface area (Å²) in [6, 6.07) is 65.4. The molecule has 0 amide bonds. The van der Waals surface area contributed by atoms with E-state index >= 15 is 0 Å². The van der Waals surface area contributed by atoms with E-state index in [1.807, 2.05) is 6.07 Å². The first kappa shape index (κ1) is 28.0. The molecule has 0 radical (unpaired) electrons. The van der Waals surface area contributed by atoms with Crippen molar-refractivity contribution in [3.8, 4) is 28.5 Å². The molecule has 0 bridgehead atoms. The van der Waals surface area contributed by atoms with Crippen LogP contribution < -0.4 is 0 Å². The van der Waals surface area contributed by atoms with Gasteiger partial charge in [0.1, 0.15) is 5.82 Å². The van der Waals surface area contributed by atoms with Crippen molar-refractivity contribution >= 4 is 65.4 Å². The molecule has 0 spiro atoms. The van der Waals surface area contributed by atoms with Crippen LogP contribution in [0.25, 0.3) is 93.9 Å². The molecule has 238 valence electrons. The van der Waals surface area contributed by atoms with Gasteiger partial charge in [0.25, 0.3) is 0 Å². The average molecular weight is 651 g/mol. The lowest BCUT2D eigenvalue weighted by atomic mass is 10.0. The van der Waals surface area contributed by atoms with E-state index in [2.05, 4.69) is 190 Å². The second-order valence-electron chi connectivity index (χ2n) is 13.2. The van der Waals surface area contributed by atoms with Gasteiger partial charge < -0.3 is 9.13 Å².